The van der Waals surface area contributed by atoms with E-state index in [0.29, 0.717) is 6.61 Å². The molecule has 134 valence electrons. The van der Waals surface area contributed by atoms with Crippen LogP contribution >= 0.6 is 0 Å². The van der Waals surface area contributed by atoms with Crippen LogP contribution in [0.25, 0.3) is 0 Å². The van der Waals surface area contributed by atoms with Gasteiger partial charge in [-0.3, -0.25) is 0 Å². The summed E-state index contributed by atoms with van der Waals surface area (Å²) in [5, 5.41) is 0. The van der Waals surface area contributed by atoms with Crippen LogP contribution in [0.1, 0.15) is 71.1 Å². The fourth-order valence-corrected chi connectivity index (χ4v) is 4.47. The van der Waals surface area contributed by atoms with E-state index in [9.17, 15) is 0 Å². The predicted molar refractivity (Wildman–Crippen MR) is 97.6 cm³/mol. The predicted octanol–water partition coefficient (Wildman–Crippen LogP) is 5.62. The summed E-state index contributed by atoms with van der Waals surface area (Å²) in [5.74, 6) is 3.63. The summed E-state index contributed by atoms with van der Waals surface area (Å²) >= 11 is 0. The van der Waals surface area contributed by atoms with E-state index in [1.807, 2.05) is 6.08 Å². The molecule has 0 saturated heterocycles. The third kappa shape index (κ3) is 6.97. The second kappa shape index (κ2) is 11.3. The van der Waals surface area contributed by atoms with E-state index in [1.165, 1.54) is 64.2 Å². The maximum Gasteiger partial charge on any atom is 0.0644 e. The molecule has 0 heterocycles. The van der Waals surface area contributed by atoms with E-state index in [4.69, 9.17) is 9.47 Å². The molecule has 2 nitrogen and oxygen atoms in total. The van der Waals surface area contributed by atoms with Crippen LogP contribution in [0.5, 0.6) is 0 Å². The third-order valence-corrected chi connectivity index (χ3v) is 6.03. The molecule has 0 atom stereocenters. The molecule has 0 unspecified atom stereocenters. The highest BCUT2D eigenvalue weighted by molar-refractivity contribution is 4.82. The molecule has 23 heavy (non-hydrogen) atoms. The molecule has 2 fully saturated rings. The van der Waals surface area contributed by atoms with Gasteiger partial charge in [0.25, 0.3) is 0 Å². The average molecular weight is 323 g/mol. The van der Waals surface area contributed by atoms with Crippen LogP contribution in [0.2, 0.25) is 0 Å². The zero-order valence-electron chi connectivity index (χ0n) is 15.3. The van der Waals surface area contributed by atoms with Crippen LogP contribution in [-0.4, -0.2) is 26.4 Å². The molecule has 0 radical (unpaired) electrons. The standard InChI is InChI=1S/C21H38O2/c1-3-5-15-23-17-19-8-12-21(13-9-19)20-10-6-18(7-11-20)16-22-14-4-2/h4,18-21H,2-3,5-17H2,1H3. The molecule has 0 aliphatic heterocycles. The molecule has 0 aromatic carbocycles. The van der Waals surface area contributed by atoms with Gasteiger partial charge in [0.05, 0.1) is 6.61 Å². The van der Waals surface area contributed by atoms with E-state index in [0.717, 1.165) is 43.5 Å². The van der Waals surface area contributed by atoms with E-state index in [2.05, 4.69) is 13.5 Å². The highest BCUT2D eigenvalue weighted by Crippen LogP contribution is 2.41. The first-order chi connectivity index (χ1) is 11.3. The van der Waals surface area contributed by atoms with Crippen LogP contribution in [0.3, 0.4) is 0 Å². The Balaban J connectivity index is 1.56. The molecule has 2 rings (SSSR count). The van der Waals surface area contributed by atoms with Crippen molar-refractivity contribution in [1.29, 1.82) is 0 Å². The molecule has 0 spiro atoms. The van der Waals surface area contributed by atoms with Crippen molar-refractivity contribution in [2.75, 3.05) is 26.4 Å². The number of hydrogen-bond donors (Lipinski definition) is 0. The van der Waals surface area contributed by atoms with Crippen LogP contribution in [-0.2, 0) is 9.47 Å². The van der Waals surface area contributed by atoms with Crippen molar-refractivity contribution < 1.29 is 9.47 Å². The van der Waals surface area contributed by atoms with Gasteiger partial charge in [-0.1, -0.05) is 19.4 Å². The Labute approximate surface area is 144 Å². The van der Waals surface area contributed by atoms with Crippen LogP contribution in [0, 0.1) is 23.7 Å². The van der Waals surface area contributed by atoms with Gasteiger partial charge in [-0.15, -0.1) is 6.58 Å². The molecule has 0 N–H and O–H groups in total. The summed E-state index contributed by atoms with van der Waals surface area (Å²) in [7, 11) is 0. The number of hydrogen-bond acceptors (Lipinski definition) is 2. The van der Waals surface area contributed by atoms with Gasteiger partial charge >= 0.3 is 0 Å². The molecular formula is C21H38O2. The fraction of sp³-hybridized carbons (Fsp3) is 0.905. The van der Waals surface area contributed by atoms with Gasteiger partial charge in [-0.25, -0.2) is 0 Å². The SMILES string of the molecule is C=CCOCC1CCC(C2CCC(COCCCC)CC2)CC1. The summed E-state index contributed by atoms with van der Waals surface area (Å²) in [4.78, 5) is 0. The van der Waals surface area contributed by atoms with Crippen molar-refractivity contribution in [3.05, 3.63) is 12.7 Å². The lowest BCUT2D eigenvalue weighted by Crippen LogP contribution is -2.28. The van der Waals surface area contributed by atoms with Crippen LogP contribution in [0.15, 0.2) is 12.7 Å². The molecule has 2 heteroatoms. The molecule has 2 aliphatic rings. The molecular weight excluding hydrogens is 284 g/mol. The van der Waals surface area contributed by atoms with E-state index >= 15 is 0 Å². The number of rotatable bonds is 10. The Hall–Kier alpha value is -0.340. The van der Waals surface area contributed by atoms with Gasteiger partial charge in [0, 0.05) is 19.8 Å². The first-order valence-electron chi connectivity index (χ1n) is 10.1. The Kier molecular flexibility index (Phi) is 9.29. The first-order valence-corrected chi connectivity index (χ1v) is 10.1. The molecule has 0 amide bonds. The zero-order valence-corrected chi connectivity index (χ0v) is 15.3. The summed E-state index contributed by atoms with van der Waals surface area (Å²) in [6, 6.07) is 0. The third-order valence-electron chi connectivity index (χ3n) is 6.03. The minimum atomic E-state index is 0.713. The van der Waals surface area contributed by atoms with Gasteiger partial charge in [0.1, 0.15) is 0 Å². The Morgan fingerprint density at radius 1 is 0.826 bits per heavy atom. The Morgan fingerprint density at radius 3 is 1.83 bits per heavy atom. The van der Waals surface area contributed by atoms with Crippen molar-refractivity contribution >= 4 is 0 Å². The van der Waals surface area contributed by atoms with Gasteiger partial charge in [0.15, 0.2) is 0 Å². The van der Waals surface area contributed by atoms with E-state index in [1.54, 1.807) is 0 Å². The Bertz CT molecular complexity index is 299. The van der Waals surface area contributed by atoms with Crippen LogP contribution < -0.4 is 0 Å². The maximum atomic E-state index is 5.83. The van der Waals surface area contributed by atoms with E-state index < -0.39 is 0 Å². The summed E-state index contributed by atoms with van der Waals surface area (Å²) in [6.07, 6.45) is 15.6. The first kappa shape index (κ1) is 19.0. The van der Waals surface area contributed by atoms with E-state index in [-0.39, 0.29) is 0 Å². The summed E-state index contributed by atoms with van der Waals surface area (Å²) in [6.45, 7) is 9.59. The monoisotopic (exact) mass is 322 g/mol. The highest BCUT2D eigenvalue weighted by Gasteiger charge is 2.30. The lowest BCUT2D eigenvalue weighted by atomic mass is 9.69. The minimum absolute atomic E-state index is 0.713. The summed E-state index contributed by atoms with van der Waals surface area (Å²) in [5.41, 5.74) is 0. The fourth-order valence-electron chi connectivity index (χ4n) is 4.47. The van der Waals surface area contributed by atoms with Crippen LogP contribution in [0.4, 0.5) is 0 Å². The molecule has 0 aromatic heterocycles. The quantitative estimate of drug-likeness (QED) is 0.384. The Morgan fingerprint density at radius 2 is 1.35 bits per heavy atom. The van der Waals surface area contributed by atoms with Gasteiger partial charge < -0.3 is 9.47 Å². The molecule has 0 bridgehead atoms. The maximum absolute atomic E-state index is 5.83. The van der Waals surface area contributed by atoms with Crippen molar-refractivity contribution in [2.45, 2.75) is 71.1 Å². The lowest BCUT2D eigenvalue weighted by molar-refractivity contribution is 0.0549. The van der Waals surface area contributed by atoms with Gasteiger partial charge in [0.2, 0.25) is 0 Å². The molecule has 2 aliphatic carbocycles. The number of unbranched alkanes of at least 4 members (excludes halogenated alkanes) is 1. The smallest absolute Gasteiger partial charge is 0.0644 e. The minimum Gasteiger partial charge on any atom is -0.381 e. The van der Waals surface area contributed by atoms with Crippen molar-refractivity contribution in [3.8, 4) is 0 Å². The van der Waals surface area contributed by atoms with Gasteiger partial charge in [-0.05, 0) is 81.5 Å². The zero-order chi connectivity index (χ0) is 16.3. The van der Waals surface area contributed by atoms with Crippen molar-refractivity contribution in [3.63, 3.8) is 0 Å². The van der Waals surface area contributed by atoms with Crippen molar-refractivity contribution in [1.82, 2.24) is 0 Å². The van der Waals surface area contributed by atoms with Crippen molar-refractivity contribution in [2.24, 2.45) is 23.7 Å². The second-order valence-electron chi connectivity index (χ2n) is 7.82. The summed E-state index contributed by atoms with van der Waals surface area (Å²) < 4.78 is 11.5. The largest absolute Gasteiger partial charge is 0.381 e. The average Bonchev–Trinajstić information content (AvgIpc) is 2.60. The topological polar surface area (TPSA) is 18.5 Å². The lowest BCUT2D eigenvalue weighted by Gasteiger charge is -2.37. The normalized spacial score (nSPS) is 31.9. The molecule has 0 aromatic rings. The second-order valence-corrected chi connectivity index (χ2v) is 7.82. The van der Waals surface area contributed by atoms with Gasteiger partial charge in [-0.2, -0.15) is 0 Å². The highest BCUT2D eigenvalue weighted by atomic mass is 16.5. The number of ether oxygens (including phenoxy) is 2. The molecule has 2 saturated carbocycles.